The second kappa shape index (κ2) is 6.12. The van der Waals surface area contributed by atoms with E-state index in [1.165, 1.54) is 0 Å². The minimum absolute atomic E-state index is 0.00578. The van der Waals surface area contributed by atoms with E-state index < -0.39 is 5.97 Å². The number of amides is 1. The molecule has 1 amide bonds. The molecule has 1 aliphatic heterocycles. The maximum atomic E-state index is 11.9. The van der Waals surface area contributed by atoms with Crippen LogP contribution in [0.2, 0.25) is 0 Å². The molecule has 1 aromatic rings. The van der Waals surface area contributed by atoms with E-state index in [2.05, 4.69) is 10.3 Å². The first-order valence-electron chi connectivity index (χ1n) is 6.13. The first-order chi connectivity index (χ1) is 9.08. The fourth-order valence-electron chi connectivity index (χ4n) is 1.99. The number of aromatic carboxylic acids is 1. The van der Waals surface area contributed by atoms with Crippen LogP contribution in [0.4, 0.5) is 0 Å². The third kappa shape index (κ3) is 3.51. The molecule has 1 fully saturated rings. The van der Waals surface area contributed by atoms with E-state index in [9.17, 15) is 9.59 Å². The molecule has 0 atom stereocenters. The summed E-state index contributed by atoms with van der Waals surface area (Å²) in [4.78, 5) is 27.2. The third-order valence-corrected chi connectivity index (χ3v) is 4.19. The van der Waals surface area contributed by atoms with Gasteiger partial charge in [-0.1, -0.05) is 0 Å². The number of hydrogen-bond acceptors (Lipinski definition) is 5. The highest BCUT2D eigenvalue weighted by Crippen LogP contribution is 2.19. The Morgan fingerprint density at radius 2 is 2.16 bits per heavy atom. The zero-order valence-electron chi connectivity index (χ0n) is 10.6. The number of ether oxygens (including phenoxy) is 1. The maximum absolute atomic E-state index is 11.9. The Hall–Kier alpha value is -1.47. The lowest BCUT2D eigenvalue weighted by Gasteiger charge is -2.20. The molecule has 104 valence electrons. The van der Waals surface area contributed by atoms with E-state index in [1.807, 2.05) is 0 Å². The van der Waals surface area contributed by atoms with Crippen molar-refractivity contribution in [2.24, 2.45) is 5.92 Å². The van der Waals surface area contributed by atoms with Gasteiger partial charge in [0.25, 0.3) is 0 Å². The van der Waals surface area contributed by atoms with Crippen molar-refractivity contribution in [3.05, 3.63) is 15.6 Å². The van der Waals surface area contributed by atoms with Crippen LogP contribution in [0.15, 0.2) is 0 Å². The van der Waals surface area contributed by atoms with Crippen LogP contribution >= 0.6 is 11.3 Å². The molecule has 0 unspecified atom stereocenters. The number of carboxylic acid groups (broad SMARTS) is 1. The monoisotopic (exact) mass is 284 g/mol. The molecule has 1 saturated heterocycles. The summed E-state index contributed by atoms with van der Waals surface area (Å²) >= 11 is 1.11. The maximum Gasteiger partial charge on any atom is 0.347 e. The van der Waals surface area contributed by atoms with Crippen LogP contribution in [-0.4, -0.2) is 35.2 Å². The van der Waals surface area contributed by atoms with E-state index in [0.29, 0.717) is 23.9 Å². The summed E-state index contributed by atoms with van der Waals surface area (Å²) in [5, 5.41) is 12.4. The molecule has 0 bridgehead atoms. The fraction of sp³-hybridized carbons (Fsp3) is 0.583. The minimum Gasteiger partial charge on any atom is -0.477 e. The number of hydrogen-bond donors (Lipinski definition) is 2. The van der Waals surface area contributed by atoms with Crippen molar-refractivity contribution < 1.29 is 19.4 Å². The SMILES string of the molecule is Cc1nc(CNC(=O)C2CCOCC2)sc1C(=O)O. The second-order valence-corrected chi connectivity index (χ2v) is 5.52. The van der Waals surface area contributed by atoms with Gasteiger partial charge in [0.05, 0.1) is 12.2 Å². The standard InChI is InChI=1S/C12H16N2O4S/c1-7-10(12(16)17)19-9(14-7)6-13-11(15)8-2-4-18-5-3-8/h8H,2-6H2,1H3,(H,13,15)(H,16,17). The molecule has 0 spiro atoms. The van der Waals surface area contributed by atoms with E-state index in [1.54, 1.807) is 6.92 Å². The minimum atomic E-state index is -0.975. The highest BCUT2D eigenvalue weighted by Gasteiger charge is 2.22. The highest BCUT2D eigenvalue weighted by molar-refractivity contribution is 7.13. The van der Waals surface area contributed by atoms with Crippen molar-refractivity contribution in [3.63, 3.8) is 0 Å². The quantitative estimate of drug-likeness (QED) is 0.867. The number of thiazole rings is 1. The van der Waals surface area contributed by atoms with Crippen molar-refractivity contribution in [3.8, 4) is 0 Å². The van der Waals surface area contributed by atoms with Crippen molar-refractivity contribution in [2.45, 2.75) is 26.3 Å². The lowest BCUT2D eigenvalue weighted by molar-refractivity contribution is -0.128. The number of carbonyl (C=O) groups excluding carboxylic acids is 1. The Balaban J connectivity index is 1.89. The van der Waals surface area contributed by atoms with Gasteiger partial charge in [-0.2, -0.15) is 0 Å². The van der Waals surface area contributed by atoms with Crippen LogP contribution < -0.4 is 5.32 Å². The van der Waals surface area contributed by atoms with Gasteiger partial charge in [0.15, 0.2) is 0 Å². The molecule has 0 aromatic carbocycles. The Kier molecular flexibility index (Phi) is 4.49. The molecule has 6 nitrogen and oxygen atoms in total. The zero-order valence-corrected chi connectivity index (χ0v) is 11.5. The average Bonchev–Trinajstić information content (AvgIpc) is 2.78. The predicted molar refractivity (Wildman–Crippen MR) is 69.2 cm³/mol. The summed E-state index contributed by atoms with van der Waals surface area (Å²) in [5.41, 5.74) is 0.493. The van der Waals surface area contributed by atoms with Crippen molar-refractivity contribution in [2.75, 3.05) is 13.2 Å². The number of aromatic nitrogens is 1. The molecular formula is C12H16N2O4S. The normalized spacial score (nSPS) is 16.3. The average molecular weight is 284 g/mol. The number of rotatable bonds is 4. The molecular weight excluding hydrogens is 268 g/mol. The van der Waals surface area contributed by atoms with Crippen LogP contribution in [0.1, 0.15) is 33.2 Å². The highest BCUT2D eigenvalue weighted by atomic mass is 32.1. The molecule has 2 rings (SSSR count). The summed E-state index contributed by atoms with van der Waals surface area (Å²) in [6, 6.07) is 0. The Labute approximate surface area is 114 Å². The van der Waals surface area contributed by atoms with Gasteiger partial charge in [-0.25, -0.2) is 9.78 Å². The predicted octanol–water partition coefficient (Wildman–Crippen LogP) is 1.19. The number of carboxylic acids is 1. The largest absolute Gasteiger partial charge is 0.477 e. The Morgan fingerprint density at radius 1 is 1.47 bits per heavy atom. The lowest BCUT2D eigenvalue weighted by atomic mass is 9.99. The fourth-order valence-corrected chi connectivity index (χ4v) is 2.84. The lowest BCUT2D eigenvalue weighted by Crippen LogP contribution is -2.33. The van der Waals surface area contributed by atoms with Gasteiger partial charge in [-0.15, -0.1) is 11.3 Å². The molecule has 7 heteroatoms. The number of carbonyl (C=O) groups is 2. The molecule has 19 heavy (non-hydrogen) atoms. The number of nitrogens with one attached hydrogen (secondary N) is 1. The van der Waals surface area contributed by atoms with Crippen molar-refractivity contribution in [1.29, 1.82) is 0 Å². The molecule has 0 radical (unpaired) electrons. The van der Waals surface area contributed by atoms with E-state index in [-0.39, 0.29) is 23.2 Å². The molecule has 2 N–H and O–H groups in total. The smallest absolute Gasteiger partial charge is 0.347 e. The summed E-state index contributed by atoms with van der Waals surface area (Å²) in [6.45, 7) is 3.19. The Morgan fingerprint density at radius 3 is 2.74 bits per heavy atom. The summed E-state index contributed by atoms with van der Waals surface area (Å²) < 4.78 is 5.20. The van der Waals surface area contributed by atoms with Gasteiger partial charge in [-0.3, -0.25) is 4.79 Å². The van der Waals surface area contributed by atoms with Gasteiger partial charge in [-0.05, 0) is 19.8 Å². The summed E-state index contributed by atoms with van der Waals surface area (Å²) in [6.07, 6.45) is 1.48. The van der Waals surface area contributed by atoms with Gasteiger partial charge < -0.3 is 15.2 Å². The number of aryl methyl sites for hydroxylation is 1. The van der Waals surface area contributed by atoms with Gasteiger partial charge in [0.1, 0.15) is 9.88 Å². The van der Waals surface area contributed by atoms with Crippen LogP contribution in [0.3, 0.4) is 0 Å². The third-order valence-electron chi connectivity index (χ3n) is 3.04. The summed E-state index contributed by atoms with van der Waals surface area (Å²) in [5.74, 6) is -0.987. The summed E-state index contributed by atoms with van der Waals surface area (Å²) in [7, 11) is 0. The molecule has 0 saturated carbocycles. The molecule has 1 aromatic heterocycles. The Bertz CT molecular complexity index is 480. The van der Waals surface area contributed by atoms with E-state index >= 15 is 0 Å². The number of nitrogens with zero attached hydrogens (tertiary/aromatic N) is 1. The first-order valence-corrected chi connectivity index (χ1v) is 6.94. The van der Waals surface area contributed by atoms with Crippen LogP contribution in [0, 0.1) is 12.8 Å². The van der Waals surface area contributed by atoms with Crippen LogP contribution in [-0.2, 0) is 16.1 Å². The van der Waals surface area contributed by atoms with Gasteiger partial charge in [0.2, 0.25) is 5.91 Å². The van der Waals surface area contributed by atoms with E-state index in [4.69, 9.17) is 9.84 Å². The topological polar surface area (TPSA) is 88.5 Å². The van der Waals surface area contributed by atoms with Gasteiger partial charge >= 0.3 is 5.97 Å². The molecule has 0 aliphatic carbocycles. The van der Waals surface area contributed by atoms with Crippen LogP contribution in [0.25, 0.3) is 0 Å². The van der Waals surface area contributed by atoms with E-state index in [0.717, 1.165) is 24.2 Å². The van der Waals surface area contributed by atoms with Crippen LogP contribution in [0.5, 0.6) is 0 Å². The molecule has 1 aliphatic rings. The van der Waals surface area contributed by atoms with Crippen molar-refractivity contribution in [1.82, 2.24) is 10.3 Å². The van der Waals surface area contributed by atoms with Crippen molar-refractivity contribution >= 4 is 23.2 Å². The first kappa shape index (κ1) is 14.0. The zero-order chi connectivity index (χ0) is 13.8. The van der Waals surface area contributed by atoms with Gasteiger partial charge in [0, 0.05) is 19.1 Å². The second-order valence-electron chi connectivity index (χ2n) is 4.43. The molecule has 2 heterocycles.